The van der Waals surface area contributed by atoms with Crippen molar-refractivity contribution in [2.75, 3.05) is 6.54 Å². The minimum absolute atomic E-state index is 0.0700. The second kappa shape index (κ2) is 6.26. The first kappa shape index (κ1) is 14.8. The van der Waals surface area contributed by atoms with Crippen molar-refractivity contribution in [2.45, 2.75) is 38.6 Å². The second-order valence-electron chi connectivity index (χ2n) is 5.36. The number of nitrogens with one attached hydrogen (secondary N) is 2. The van der Waals surface area contributed by atoms with Gasteiger partial charge in [0.2, 0.25) is 0 Å². The number of carboxylic acids is 1. The third kappa shape index (κ3) is 3.30. The van der Waals surface area contributed by atoms with Crippen molar-refractivity contribution in [3.63, 3.8) is 0 Å². The third-order valence-corrected chi connectivity index (χ3v) is 4.97. The molecule has 2 amide bonds. The van der Waals surface area contributed by atoms with Crippen molar-refractivity contribution in [1.82, 2.24) is 10.6 Å². The first-order valence-electron chi connectivity index (χ1n) is 6.85. The van der Waals surface area contributed by atoms with Gasteiger partial charge >= 0.3 is 12.0 Å². The first-order valence-corrected chi connectivity index (χ1v) is 7.73. The summed E-state index contributed by atoms with van der Waals surface area (Å²) in [6.07, 6.45) is 3.12. The lowest BCUT2D eigenvalue weighted by Crippen LogP contribution is -2.45. The molecule has 0 spiro atoms. The molecule has 0 aliphatic heterocycles. The molecule has 0 radical (unpaired) electrons. The van der Waals surface area contributed by atoms with Gasteiger partial charge in [-0.25, -0.2) is 4.79 Å². The van der Waals surface area contributed by atoms with Crippen LogP contribution in [0.15, 0.2) is 17.5 Å². The van der Waals surface area contributed by atoms with Crippen molar-refractivity contribution in [1.29, 1.82) is 0 Å². The molecule has 5 nitrogen and oxygen atoms in total. The summed E-state index contributed by atoms with van der Waals surface area (Å²) in [5.74, 6) is -0.804. The second-order valence-corrected chi connectivity index (χ2v) is 6.34. The van der Waals surface area contributed by atoms with Crippen LogP contribution in [0.25, 0.3) is 0 Å². The van der Waals surface area contributed by atoms with E-state index < -0.39 is 11.4 Å². The van der Waals surface area contributed by atoms with Crippen molar-refractivity contribution in [2.24, 2.45) is 5.41 Å². The van der Waals surface area contributed by atoms with E-state index in [1.807, 2.05) is 24.4 Å². The topological polar surface area (TPSA) is 78.4 Å². The van der Waals surface area contributed by atoms with Crippen LogP contribution in [0, 0.1) is 5.41 Å². The highest BCUT2D eigenvalue weighted by Gasteiger charge is 2.41. The molecule has 0 aromatic carbocycles. The zero-order valence-corrected chi connectivity index (χ0v) is 12.3. The normalized spacial score (nSPS) is 18.4. The lowest BCUT2D eigenvalue weighted by molar-refractivity contribution is -0.148. The maximum absolute atomic E-state index is 11.9. The van der Waals surface area contributed by atoms with Gasteiger partial charge in [0.15, 0.2) is 0 Å². The average Bonchev–Trinajstić information content (AvgIpc) is 3.08. The molecule has 1 heterocycles. The summed E-state index contributed by atoms with van der Waals surface area (Å²) in [6.45, 7) is 2.11. The molecule has 2 rings (SSSR count). The number of rotatable bonds is 5. The molecular weight excluding hydrogens is 276 g/mol. The average molecular weight is 296 g/mol. The summed E-state index contributed by atoms with van der Waals surface area (Å²) in [5, 5.41) is 16.8. The number of thiophene rings is 1. The number of amides is 2. The number of hydrogen-bond donors (Lipinski definition) is 3. The molecule has 110 valence electrons. The summed E-state index contributed by atoms with van der Waals surface area (Å²) >= 11 is 1.58. The van der Waals surface area contributed by atoms with E-state index in [-0.39, 0.29) is 18.6 Å². The predicted molar refractivity (Wildman–Crippen MR) is 77.8 cm³/mol. The van der Waals surface area contributed by atoms with Gasteiger partial charge < -0.3 is 15.7 Å². The molecule has 1 saturated carbocycles. The molecule has 3 N–H and O–H groups in total. The molecule has 1 aromatic heterocycles. The summed E-state index contributed by atoms with van der Waals surface area (Å²) in [6, 6.07) is 3.53. The zero-order valence-electron chi connectivity index (χ0n) is 11.5. The molecular formula is C14H20N2O3S. The van der Waals surface area contributed by atoms with Gasteiger partial charge in [-0.3, -0.25) is 4.79 Å². The Bertz CT molecular complexity index is 467. The summed E-state index contributed by atoms with van der Waals surface area (Å²) in [5.41, 5.74) is -0.774. The van der Waals surface area contributed by atoms with Crippen LogP contribution in [0.1, 0.15) is 43.5 Å². The first-order chi connectivity index (χ1) is 9.53. The molecule has 0 bridgehead atoms. The fraction of sp³-hybridized carbons (Fsp3) is 0.571. The van der Waals surface area contributed by atoms with E-state index in [1.165, 1.54) is 0 Å². The molecule has 1 aliphatic carbocycles. The molecule has 1 aromatic rings. The Morgan fingerprint density at radius 3 is 2.70 bits per heavy atom. The zero-order chi connectivity index (χ0) is 14.6. The Morgan fingerprint density at radius 1 is 1.45 bits per heavy atom. The number of carboxylic acid groups (broad SMARTS) is 1. The third-order valence-electron chi connectivity index (χ3n) is 3.92. The Morgan fingerprint density at radius 2 is 2.15 bits per heavy atom. The Hall–Kier alpha value is -1.56. The van der Waals surface area contributed by atoms with Gasteiger partial charge in [0.1, 0.15) is 0 Å². The highest BCUT2D eigenvalue weighted by atomic mass is 32.1. The lowest BCUT2D eigenvalue weighted by atomic mass is 9.86. The van der Waals surface area contributed by atoms with E-state index in [9.17, 15) is 14.7 Å². The highest BCUT2D eigenvalue weighted by Crippen LogP contribution is 2.37. The Kier molecular flexibility index (Phi) is 4.65. The van der Waals surface area contributed by atoms with Gasteiger partial charge in [-0.2, -0.15) is 0 Å². The maximum atomic E-state index is 11.9. The summed E-state index contributed by atoms with van der Waals surface area (Å²) in [4.78, 5) is 24.3. The van der Waals surface area contributed by atoms with Crippen molar-refractivity contribution in [3.05, 3.63) is 22.4 Å². The molecule has 1 atom stereocenters. The predicted octanol–water partition coefficient (Wildman–Crippen LogP) is 2.75. The smallest absolute Gasteiger partial charge is 0.315 e. The van der Waals surface area contributed by atoms with Gasteiger partial charge in [0, 0.05) is 11.4 Å². The fourth-order valence-electron chi connectivity index (χ4n) is 2.62. The monoisotopic (exact) mass is 296 g/mol. The van der Waals surface area contributed by atoms with E-state index in [4.69, 9.17) is 0 Å². The quantitative estimate of drug-likeness (QED) is 0.781. The standard InChI is InChI=1S/C14H20N2O3S/c1-10(11-5-4-8-20-11)16-13(19)15-9-14(12(17)18)6-2-3-7-14/h4-5,8,10H,2-3,6-7,9H2,1H3,(H,17,18)(H2,15,16,19). The number of carbonyl (C=O) groups is 2. The van der Waals surface area contributed by atoms with Crippen LogP contribution in [0.3, 0.4) is 0 Å². The molecule has 20 heavy (non-hydrogen) atoms. The van der Waals surface area contributed by atoms with Crippen LogP contribution < -0.4 is 10.6 Å². The van der Waals surface area contributed by atoms with Gasteiger partial charge in [0.25, 0.3) is 0 Å². The molecule has 0 saturated heterocycles. The molecule has 6 heteroatoms. The van der Waals surface area contributed by atoms with E-state index in [0.717, 1.165) is 17.7 Å². The van der Waals surface area contributed by atoms with Crippen LogP contribution in [0.4, 0.5) is 4.79 Å². The van der Waals surface area contributed by atoms with Crippen molar-refractivity contribution >= 4 is 23.3 Å². The van der Waals surface area contributed by atoms with Crippen molar-refractivity contribution in [3.8, 4) is 0 Å². The van der Waals surface area contributed by atoms with Gasteiger partial charge in [-0.05, 0) is 31.2 Å². The van der Waals surface area contributed by atoms with Crippen LogP contribution in [-0.2, 0) is 4.79 Å². The largest absolute Gasteiger partial charge is 0.481 e. The Labute approximate surface area is 122 Å². The molecule has 1 aliphatic rings. The number of aliphatic carboxylic acids is 1. The minimum Gasteiger partial charge on any atom is -0.481 e. The van der Waals surface area contributed by atoms with E-state index in [1.54, 1.807) is 11.3 Å². The van der Waals surface area contributed by atoms with Gasteiger partial charge in [-0.15, -0.1) is 11.3 Å². The molecule has 1 fully saturated rings. The van der Waals surface area contributed by atoms with Crippen LogP contribution in [0.5, 0.6) is 0 Å². The molecule has 1 unspecified atom stereocenters. The SMILES string of the molecule is CC(NC(=O)NCC1(C(=O)O)CCCC1)c1cccs1. The minimum atomic E-state index is -0.804. The number of hydrogen-bond acceptors (Lipinski definition) is 3. The number of urea groups is 1. The fourth-order valence-corrected chi connectivity index (χ4v) is 3.36. The highest BCUT2D eigenvalue weighted by molar-refractivity contribution is 7.10. The van der Waals surface area contributed by atoms with E-state index >= 15 is 0 Å². The van der Waals surface area contributed by atoms with E-state index in [2.05, 4.69) is 10.6 Å². The maximum Gasteiger partial charge on any atom is 0.315 e. The summed E-state index contributed by atoms with van der Waals surface area (Å²) < 4.78 is 0. The van der Waals surface area contributed by atoms with E-state index in [0.29, 0.717) is 12.8 Å². The lowest BCUT2D eigenvalue weighted by Gasteiger charge is -2.24. The van der Waals surface area contributed by atoms with Gasteiger partial charge in [-0.1, -0.05) is 18.9 Å². The van der Waals surface area contributed by atoms with Crippen LogP contribution in [-0.4, -0.2) is 23.7 Å². The van der Waals surface area contributed by atoms with Gasteiger partial charge in [0.05, 0.1) is 11.5 Å². The van der Waals surface area contributed by atoms with Crippen molar-refractivity contribution < 1.29 is 14.7 Å². The summed E-state index contributed by atoms with van der Waals surface area (Å²) in [7, 11) is 0. The van der Waals surface area contributed by atoms with Crippen LogP contribution in [0.2, 0.25) is 0 Å². The number of carbonyl (C=O) groups excluding carboxylic acids is 1. The Balaban J connectivity index is 1.84. The van der Waals surface area contributed by atoms with Crippen LogP contribution >= 0.6 is 11.3 Å².